The summed E-state index contributed by atoms with van der Waals surface area (Å²) >= 11 is 0. The van der Waals surface area contributed by atoms with E-state index >= 15 is 0 Å². The number of aliphatic imine (C=N–C) groups is 1. The van der Waals surface area contributed by atoms with Crippen LogP contribution in [0.3, 0.4) is 0 Å². The molecule has 2 rings (SSSR count). The van der Waals surface area contributed by atoms with Gasteiger partial charge in [-0.2, -0.15) is 0 Å². The first-order chi connectivity index (χ1) is 13.2. The quantitative estimate of drug-likeness (QED) is 0.203. The molecule has 0 fully saturated rings. The number of halogens is 1. The number of para-hydroxylation sites is 1. The van der Waals surface area contributed by atoms with Crippen molar-refractivity contribution in [2.75, 3.05) is 33.4 Å². The van der Waals surface area contributed by atoms with Gasteiger partial charge in [0, 0.05) is 13.1 Å². The van der Waals surface area contributed by atoms with Gasteiger partial charge in [0.15, 0.2) is 17.5 Å². The van der Waals surface area contributed by atoms with E-state index in [0.29, 0.717) is 38.5 Å². The van der Waals surface area contributed by atoms with Crippen LogP contribution in [-0.4, -0.2) is 44.4 Å². The van der Waals surface area contributed by atoms with Crippen LogP contribution in [0.4, 0.5) is 0 Å². The number of phenolic OH excluding ortho intramolecular Hbond substituents is 1. The van der Waals surface area contributed by atoms with Crippen molar-refractivity contribution in [3.05, 3.63) is 59.7 Å². The zero-order valence-corrected chi connectivity index (χ0v) is 18.8. The average molecular weight is 499 g/mol. The van der Waals surface area contributed by atoms with Gasteiger partial charge in [-0.3, -0.25) is 4.99 Å². The first kappa shape index (κ1) is 24.0. The van der Waals surface area contributed by atoms with E-state index in [1.807, 2.05) is 49.4 Å². The number of methoxy groups -OCH3 is 1. The molecule has 0 heterocycles. The summed E-state index contributed by atoms with van der Waals surface area (Å²) < 4.78 is 10.8. The molecule has 154 valence electrons. The van der Waals surface area contributed by atoms with Crippen molar-refractivity contribution in [3.8, 4) is 11.5 Å². The highest BCUT2D eigenvalue weighted by atomic mass is 127. The summed E-state index contributed by atoms with van der Waals surface area (Å²) in [6, 6.07) is 15.6. The van der Waals surface area contributed by atoms with E-state index in [0.717, 1.165) is 23.6 Å². The molecule has 0 radical (unpaired) electrons. The molecule has 2 aromatic rings. The molecule has 0 amide bonds. The lowest BCUT2D eigenvalue weighted by Gasteiger charge is -2.13. The van der Waals surface area contributed by atoms with Gasteiger partial charge in [0.1, 0.15) is 0 Å². The van der Waals surface area contributed by atoms with Gasteiger partial charge >= 0.3 is 0 Å². The summed E-state index contributed by atoms with van der Waals surface area (Å²) in [7, 11) is 1.55. The SMILES string of the molecule is CCNC(=NCCOCc1ccccc1)NCCc1cccc(OC)c1O.I. The number of hydrogen-bond acceptors (Lipinski definition) is 4. The molecule has 0 saturated carbocycles. The number of guanidine groups is 1. The zero-order valence-electron chi connectivity index (χ0n) is 16.5. The topological polar surface area (TPSA) is 75.1 Å². The minimum atomic E-state index is 0. The Morgan fingerprint density at radius 1 is 1.07 bits per heavy atom. The van der Waals surface area contributed by atoms with Gasteiger partial charge in [0.2, 0.25) is 0 Å². The smallest absolute Gasteiger partial charge is 0.191 e. The first-order valence-electron chi connectivity index (χ1n) is 9.23. The number of hydrogen-bond donors (Lipinski definition) is 3. The number of nitrogens with one attached hydrogen (secondary N) is 2. The third-order valence-corrected chi connectivity index (χ3v) is 3.95. The summed E-state index contributed by atoms with van der Waals surface area (Å²) in [5, 5.41) is 16.6. The van der Waals surface area contributed by atoms with Crippen molar-refractivity contribution in [1.29, 1.82) is 0 Å². The average Bonchev–Trinajstić information content (AvgIpc) is 2.69. The molecule has 3 N–H and O–H groups in total. The summed E-state index contributed by atoms with van der Waals surface area (Å²) in [6.45, 7) is 5.18. The minimum absolute atomic E-state index is 0. The fourth-order valence-corrected chi connectivity index (χ4v) is 2.58. The lowest BCUT2D eigenvalue weighted by Crippen LogP contribution is -2.38. The van der Waals surface area contributed by atoms with Crippen molar-refractivity contribution < 1.29 is 14.6 Å². The van der Waals surface area contributed by atoms with E-state index in [9.17, 15) is 5.11 Å². The zero-order chi connectivity index (χ0) is 19.3. The molecule has 0 unspecified atom stereocenters. The van der Waals surface area contributed by atoms with Crippen LogP contribution >= 0.6 is 24.0 Å². The van der Waals surface area contributed by atoms with Crippen molar-refractivity contribution in [2.24, 2.45) is 4.99 Å². The maximum absolute atomic E-state index is 10.1. The predicted octanol–water partition coefficient (Wildman–Crippen LogP) is 3.33. The molecule has 2 aromatic carbocycles. The second-order valence-corrected chi connectivity index (χ2v) is 5.94. The van der Waals surface area contributed by atoms with Crippen LogP contribution in [0, 0.1) is 0 Å². The summed E-state index contributed by atoms with van der Waals surface area (Å²) in [4.78, 5) is 4.51. The van der Waals surface area contributed by atoms with Crippen molar-refractivity contribution in [3.63, 3.8) is 0 Å². The summed E-state index contributed by atoms with van der Waals surface area (Å²) in [5.41, 5.74) is 1.99. The Labute approximate surface area is 184 Å². The van der Waals surface area contributed by atoms with Gasteiger partial charge in [-0.25, -0.2) is 0 Å². The number of rotatable bonds is 10. The highest BCUT2D eigenvalue weighted by Gasteiger charge is 2.07. The van der Waals surface area contributed by atoms with Crippen LogP contribution in [0.1, 0.15) is 18.1 Å². The Bertz CT molecular complexity index is 711. The molecule has 6 nitrogen and oxygen atoms in total. The van der Waals surface area contributed by atoms with E-state index in [1.54, 1.807) is 13.2 Å². The van der Waals surface area contributed by atoms with E-state index in [2.05, 4.69) is 15.6 Å². The Hall–Kier alpha value is -2.00. The predicted molar refractivity (Wildman–Crippen MR) is 124 cm³/mol. The fraction of sp³-hybridized carbons (Fsp3) is 0.381. The Kier molecular flexibility index (Phi) is 12.1. The monoisotopic (exact) mass is 499 g/mol. The number of nitrogens with zero attached hydrogens (tertiary/aromatic N) is 1. The highest BCUT2D eigenvalue weighted by Crippen LogP contribution is 2.29. The van der Waals surface area contributed by atoms with Crippen molar-refractivity contribution in [2.45, 2.75) is 20.0 Å². The van der Waals surface area contributed by atoms with Crippen LogP contribution in [0.5, 0.6) is 11.5 Å². The molecule has 28 heavy (non-hydrogen) atoms. The van der Waals surface area contributed by atoms with Gasteiger partial charge in [0.25, 0.3) is 0 Å². The largest absolute Gasteiger partial charge is 0.504 e. The molecule has 0 spiro atoms. The second-order valence-electron chi connectivity index (χ2n) is 5.94. The molecule has 0 aliphatic carbocycles. The van der Waals surface area contributed by atoms with Gasteiger partial charge in [0.05, 0.1) is 26.9 Å². The van der Waals surface area contributed by atoms with Crippen LogP contribution in [0.2, 0.25) is 0 Å². The molecular formula is C21H30IN3O3. The summed E-state index contributed by atoms with van der Waals surface area (Å²) in [5.74, 6) is 1.42. The summed E-state index contributed by atoms with van der Waals surface area (Å²) in [6.07, 6.45) is 0.665. The molecule has 0 atom stereocenters. The molecule has 0 aromatic heterocycles. The van der Waals surface area contributed by atoms with E-state index in [1.165, 1.54) is 0 Å². The van der Waals surface area contributed by atoms with Crippen LogP contribution in [0.25, 0.3) is 0 Å². The van der Waals surface area contributed by atoms with E-state index in [-0.39, 0.29) is 29.7 Å². The molecular weight excluding hydrogens is 469 g/mol. The van der Waals surface area contributed by atoms with E-state index in [4.69, 9.17) is 9.47 Å². The Morgan fingerprint density at radius 2 is 1.86 bits per heavy atom. The lowest BCUT2D eigenvalue weighted by molar-refractivity contribution is 0.128. The van der Waals surface area contributed by atoms with E-state index < -0.39 is 0 Å². The number of benzene rings is 2. The van der Waals surface area contributed by atoms with Gasteiger partial charge in [-0.1, -0.05) is 42.5 Å². The number of ether oxygens (including phenoxy) is 2. The lowest BCUT2D eigenvalue weighted by atomic mass is 10.1. The van der Waals surface area contributed by atoms with Gasteiger partial charge in [-0.05, 0) is 30.5 Å². The van der Waals surface area contributed by atoms with Gasteiger partial charge < -0.3 is 25.2 Å². The Balaban J connectivity index is 0.00000392. The van der Waals surface area contributed by atoms with Crippen molar-refractivity contribution in [1.82, 2.24) is 10.6 Å². The van der Waals surface area contributed by atoms with Crippen LogP contribution < -0.4 is 15.4 Å². The maximum atomic E-state index is 10.1. The van der Waals surface area contributed by atoms with Crippen LogP contribution in [0.15, 0.2) is 53.5 Å². The Morgan fingerprint density at radius 3 is 2.57 bits per heavy atom. The fourth-order valence-electron chi connectivity index (χ4n) is 2.58. The third kappa shape index (κ3) is 8.35. The molecule has 0 aliphatic heterocycles. The molecule has 0 bridgehead atoms. The minimum Gasteiger partial charge on any atom is -0.504 e. The molecule has 0 aliphatic rings. The molecule has 7 heteroatoms. The normalized spacial score (nSPS) is 10.9. The first-order valence-corrected chi connectivity index (χ1v) is 9.23. The van der Waals surface area contributed by atoms with Gasteiger partial charge in [-0.15, -0.1) is 24.0 Å². The number of aromatic hydroxyl groups is 1. The highest BCUT2D eigenvalue weighted by molar-refractivity contribution is 14.0. The number of phenols is 1. The third-order valence-electron chi connectivity index (χ3n) is 3.95. The standard InChI is InChI=1S/C21H29N3O3.HI/c1-3-22-21(24-14-15-27-16-17-8-5-4-6-9-17)23-13-12-18-10-7-11-19(26-2)20(18)25;/h4-11,25H,3,12-16H2,1-2H3,(H2,22,23,24);1H. The molecule has 0 saturated heterocycles. The maximum Gasteiger partial charge on any atom is 0.191 e. The van der Waals surface area contributed by atoms with Crippen LogP contribution in [-0.2, 0) is 17.8 Å². The van der Waals surface area contributed by atoms with Crippen molar-refractivity contribution >= 4 is 29.9 Å². The second kappa shape index (κ2) is 14.1.